The second-order valence-electron chi connectivity index (χ2n) is 8.74. The highest BCUT2D eigenvalue weighted by Gasteiger charge is 2.54. The van der Waals surface area contributed by atoms with Gasteiger partial charge in [0.05, 0.1) is 10.7 Å². The Bertz CT molecular complexity index is 1000. The minimum absolute atomic E-state index is 0.00288. The number of aromatic nitrogens is 1. The lowest BCUT2D eigenvalue weighted by atomic mass is 9.56. The first-order chi connectivity index (χ1) is 14.7. The molecule has 7 nitrogen and oxygen atoms in total. The van der Waals surface area contributed by atoms with E-state index >= 15 is 0 Å². The Morgan fingerprint density at radius 3 is 2.61 bits per heavy atom. The van der Waals surface area contributed by atoms with Crippen LogP contribution in [0, 0.1) is 18.7 Å². The van der Waals surface area contributed by atoms with E-state index in [9.17, 15) is 14.0 Å². The maximum atomic E-state index is 13.5. The van der Waals surface area contributed by atoms with Crippen LogP contribution in [0.25, 0.3) is 0 Å². The SMILES string of the molecule is Cc1cc(C(=O)NC23CCC(NC(=O)COc4ccc(Cl)c(F)c4)(CC2)CC3C)on1. The number of nitrogens with zero attached hydrogens (tertiary/aromatic N) is 1. The zero-order valence-electron chi connectivity index (χ0n) is 17.5. The largest absolute Gasteiger partial charge is 0.484 e. The molecule has 2 N–H and O–H groups in total. The zero-order chi connectivity index (χ0) is 22.2. The van der Waals surface area contributed by atoms with Crippen LogP contribution in [0.15, 0.2) is 28.8 Å². The number of nitrogens with one attached hydrogen (secondary N) is 2. The van der Waals surface area contributed by atoms with Crippen molar-refractivity contribution in [2.24, 2.45) is 5.92 Å². The van der Waals surface area contributed by atoms with Crippen LogP contribution in [0.1, 0.15) is 55.3 Å². The highest BCUT2D eigenvalue weighted by atomic mass is 35.5. The standard InChI is InChI=1S/C22H25ClFN3O4/c1-13-11-21(25-19(28)12-30-15-3-4-16(23)17(24)10-15)5-7-22(13,8-6-21)26-20(29)18-9-14(2)27-31-18/h3-4,9-10,13H,5-8,11-12H2,1-2H3,(H,25,28)(H,26,29). The molecule has 3 saturated carbocycles. The second kappa shape index (κ2) is 8.15. The summed E-state index contributed by atoms with van der Waals surface area (Å²) in [6.45, 7) is 3.66. The molecule has 3 aliphatic rings. The van der Waals surface area contributed by atoms with Crippen molar-refractivity contribution in [1.29, 1.82) is 0 Å². The van der Waals surface area contributed by atoms with Crippen LogP contribution in [-0.4, -0.2) is 34.7 Å². The lowest BCUT2D eigenvalue weighted by molar-refractivity contribution is -0.127. The quantitative estimate of drug-likeness (QED) is 0.699. The Kier molecular flexibility index (Phi) is 5.68. The molecule has 2 bridgehead atoms. The van der Waals surface area contributed by atoms with E-state index in [4.69, 9.17) is 20.9 Å². The smallest absolute Gasteiger partial charge is 0.290 e. The lowest BCUT2D eigenvalue weighted by Crippen LogP contribution is -2.67. The Labute approximate surface area is 184 Å². The molecule has 166 valence electrons. The van der Waals surface area contributed by atoms with E-state index in [2.05, 4.69) is 22.7 Å². The fourth-order valence-corrected chi connectivity index (χ4v) is 5.00. The number of carbonyl (C=O) groups is 2. The van der Waals surface area contributed by atoms with E-state index in [-0.39, 0.29) is 51.9 Å². The van der Waals surface area contributed by atoms with Crippen LogP contribution in [0.3, 0.4) is 0 Å². The van der Waals surface area contributed by atoms with Gasteiger partial charge >= 0.3 is 0 Å². The predicted octanol–water partition coefficient (Wildman–Crippen LogP) is 3.79. The minimum Gasteiger partial charge on any atom is -0.484 e. The first kappa shape index (κ1) is 21.6. The first-order valence-electron chi connectivity index (χ1n) is 10.4. The summed E-state index contributed by atoms with van der Waals surface area (Å²) in [6.07, 6.45) is 3.79. The molecule has 9 heteroatoms. The predicted molar refractivity (Wildman–Crippen MR) is 111 cm³/mol. The molecule has 2 amide bonds. The number of fused-ring (bicyclic) bond motifs is 3. The van der Waals surface area contributed by atoms with Crippen LogP contribution in [0.5, 0.6) is 5.75 Å². The monoisotopic (exact) mass is 449 g/mol. The van der Waals surface area contributed by atoms with E-state index in [1.807, 2.05) is 0 Å². The van der Waals surface area contributed by atoms with Crippen LogP contribution in [-0.2, 0) is 4.79 Å². The number of ether oxygens (including phenoxy) is 1. The molecule has 5 rings (SSSR count). The van der Waals surface area contributed by atoms with Crippen LogP contribution >= 0.6 is 11.6 Å². The van der Waals surface area contributed by atoms with Crippen molar-refractivity contribution in [2.75, 3.05) is 6.61 Å². The number of hydrogen-bond acceptors (Lipinski definition) is 5. The molecule has 0 radical (unpaired) electrons. The van der Waals surface area contributed by atoms with E-state index in [1.54, 1.807) is 13.0 Å². The van der Waals surface area contributed by atoms with E-state index < -0.39 is 5.82 Å². The number of carbonyl (C=O) groups excluding carboxylic acids is 2. The van der Waals surface area contributed by atoms with Gasteiger partial charge in [-0.3, -0.25) is 9.59 Å². The third-order valence-electron chi connectivity index (χ3n) is 6.62. The number of hydrogen-bond donors (Lipinski definition) is 2. The Hall–Kier alpha value is -2.61. The van der Waals surface area contributed by atoms with Crippen molar-refractivity contribution in [3.05, 3.63) is 46.6 Å². The number of rotatable bonds is 6. The van der Waals surface area contributed by atoms with Gasteiger partial charge in [0.15, 0.2) is 6.61 Å². The summed E-state index contributed by atoms with van der Waals surface area (Å²) in [5.41, 5.74) is 0.0235. The summed E-state index contributed by atoms with van der Waals surface area (Å²) in [5, 5.41) is 10.1. The zero-order valence-corrected chi connectivity index (χ0v) is 18.2. The van der Waals surface area contributed by atoms with Crippen molar-refractivity contribution in [3.8, 4) is 5.75 Å². The maximum Gasteiger partial charge on any atom is 0.290 e. The molecule has 1 aromatic heterocycles. The van der Waals surface area contributed by atoms with Gasteiger partial charge < -0.3 is 19.9 Å². The molecule has 3 fully saturated rings. The maximum absolute atomic E-state index is 13.5. The highest BCUT2D eigenvalue weighted by Crippen LogP contribution is 2.50. The molecule has 31 heavy (non-hydrogen) atoms. The molecule has 1 aromatic carbocycles. The molecule has 2 aromatic rings. The minimum atomic E-state index is -0.592. The molecule has 0 saturated heterocycles. The van der Waals surface area contributed by atoms with Crippen molar-refractivity contribution in [2.45, 2.75) is 57.0 Å². The molecule has 3 aliphatic carbocycles. The molecule has 1 unspecified atom stereocenters. The summed E-state index contributed by atoms with van der Waals surface area (Å²) >= 11 is 5.66. The van der Waals surface area contributed by atoms with Gasteiger partial charge in [0.1, 0.15) is 11.6 Å². The van der Waals surface area contributed by atoms with E-state index in [0.717, 1.165) is 38.2 Å². The van der Waals surface area contributed by atoms with Crippen molar-refractivity contribution in [1.82, 2.24) is 15.8 Å². The summed E-state index contributed by atoms with van der Waals surface area (Å²) in [4.78, 5) is 25.1. The molecular weight excluding hydrogens is 425 g/mol. The van der Waals surface area contributed by atoms with Crippen molar-refractivity contribution >= 4 is 23.4 Å². The first-order valence-corrected chi connectivity index (χ1v) is 10.7. The van der Waals surface area contributed by atoms with Gasteiger partial charge in [-0.25, -0.2) is 4.39 Å². The van der Waals surface area contributed by atoms with Crippen molar-refractivity contribution < 1.29 is 23.2 Å². The number of halogens is 2. The molecular formula is C22H25ClFN3O4. The third-order valence-corrected chi connectivity index (χ3v) is 6.93. The summed E-state index contributed by atoms with van der Waals surface area (Å²) < 4.78 is 24.0. The summed E-state index contributed by atoms with van der Waals surface area (Å²) in [7, 11) is 0. The van der Waals surface area contributed by atoms with Gasteiger partial charge in [0.25, 0.3) is 11.8 Å². The van der Waals surface area contributed by atoms with E-state index in [0.29, 0.717) is 5.69 Å². The average Bonchev–Trinajstić information content (AvgIpc) is 3.17. The van der Waals surface area contributed by atoms with Gasteiger partial charge in [-0.1, -0.05) is 23.7 Å². The van der Waals surface area contributed by atoms with Crippen molar-refractivity contribution in [3.63, 3.8) is 0 Å². The Balaban J connectivity index is 1.34. The number of aryl methyl sites for hydroxylation is 1. The lowest BCUT2D eigenvalue weighted by Gasteiger charge is -2.57. The molecule has 1 atom stereocenters. The van der Waals surface area contributed by atoms with Gasteiger partial charge in [-0.05, 0) is 57.1 Å². The Morgan fingerprint density at radius 1 is 1.26 bits per heavy atom. The molecule has 0 aliphatic heterocycles. The topological polar surface area (TPSA) is 93.5 Å². The number of benzene rings is 1. The van der Waals surface area contributed by atoms with E-state index in [1.165, 1.54) is 12.1 Å². The second-order valence-corrected chi connectivity index (χ2v) is 9.15. The third kappa shape index (κ3) is 4.39. The van der Waals surface area contributed by atoms with Gasteiger partial charge in [0, 0.05) is 23.2 Å². The normalized spacial score (nSPS) is 27.0. The molecule has 1 heterocycles. The number of amides is 2. The van der Waals surface area contributed by atoms with Crippen LogP contribution in [0.2, 0.25) is 5.02 Å². The highest BCUT2D eigenvalue weighted by molar-refractivity contribution is 6.30. The Morgan fingerprint density at radius 2 is 2.00 bits per heavy atom. The fraction of sp³-hybridized carbons (Fsp3) is 0.500. The average molecular weight is 450 g/mol. The molecule has 0 spiro atoms. The van der Waals surface area contributed by atoms with Gasteiger partial charge in [-0.15, -0.1) is 0 Å². The van der Waals surface area contributed by atoms with Crippen LogP contribution in [0.4, 0.5) is 4.39 Å². The van der Waals surface area contributed by atoms with Gasteiger partial charge in [0.2, 0.25) is 5.76 Å². The van der Waals surface area contributed by atoms with Gasteiger partial charge in [-0.2, -0.15) is 0 Å². The summed E-state index contributed by atoms with van der Waals surface area (Å²) in [5.74, 6) is -0.460. The summed E-state index contributed by atoms with van der Waals surface area (Å²) in [6, 6.07) is 5.69. The van der Waals surface area contributed by atoms with Crippen LogP contribution < -0.4 is 15.4 Å². The fourth-order valence-electron chi connectivity index (χ4n) is 4.88.